The van der Waals surface area contributed by atoms with E-state index in [0.29, 0.717) is 16.7 Å². The fourth-order valence-electron chi connectivity index (χ4n) is 2.46. The first-order chi connectivity index (χ1) is 13.7. The summed E-state index contributed by atoms with van der Waals surface area (Å²) in [4.78, 5) is 28.1. The summed E-state index contributed by atoms with van der Waals surface area (Å²) >= 11 is 1.07. The van der Waals surface area contributed by atoms with Crippen molar-refractivity contribution in [1.29, 1.82) is 0 Å². The van der Waals surface area contributed by atoms with Gasteiger partial charge in [-0.25, -0.2) is 4.98 Å². The zero-order valence-electron chi connectivity index (χ0n) is 14.8. The van der Waals surface area contributed by atoms with Crippen molar-refractivity contribution in [2.45, 2.75) is 6.18 Å². The number of phenolic OH excluding ortho intramolecular Hbond substituents is 1. The van der Waals surface area contributed by atoms with Crippen LogP contribution >= 0.6 is 11.3 Å². The number of carbonyl (C=O) groups is 2. The summed E-state index contributed by atoms with van der Waals surface area (Å²) in [5.41, 5.74) is -0.288. The molecule has 3 aromatic rings. The average molecular weight is 422 g/mol. The second-order valence-electron chi connectivity index (χ2n) is 5.79. The minimum Gasteiger partial charge on any atom is -0.504 e. The van der Waals surface area contributed by atoms with Gasteiger partial charge in [-0.3, -0.25) is 14.9 Å². The Morgan fingerprint density at radius 3 is 2.52 bits per heavy atom. The molecule has 3 rings (SSSR count). The largest absolute Gasteiger partial charge is 0.504 e. The molecule has 0 aliphatic heterocycles. The number of aldehydes is 1. The van der Waals surface area contributed by atoms with Crippen molar-refractivity contribution in [3.05, 3.63) is 59.3 Å². The number of hydrogen-bond acceptors (Lipinski definition) is 6. The molecule has 0 radical (unpaired) electrons. The van der Waals surface area contributed by atoms with Gasteiger partial charge in [0.2, 0.25) is 0 Å². The number of phenols is 1. The maximum Gasteiger partial charge on any atom is 0.416 e. The van der Waals surface area contributed by atoms with Gasteiger partial charge in [-0.2, -0.15) is 13.2 Å². The number of ether oxygens (including phenoxy) is 1. The van der Waals surface area contributed by atoms with Gasteiger partial charge >= 0.3 is 6.18 Å². The van der Waals surface area contributed by atoms with E-state index in [1.54, 1.807) is 0 Å². The van der Waals surface area contributed by atoms with Crippen molar-refractivity contribution in [2.24, 2.45) is 0 Å². The average Bonchev–Trinajstić information content (AvgIpc) is 3.16. The van der Waals surface area contributed by atoms with Crippen LogP contribution < -0.4 is 10.1 Å². The molecule has 150 valence electrons. The van der Waals surface area contributed by atoms with Gasteiger partial charge in [0.05, 0.1) is 23.1 Å². The number of methoxy groups -OCH3 is 1. The predicted octanol–water partition coefficient (Wildman–Crippen LogP) is 4.61. The molecule has 0 saturated heterocycles. The van der Waals surface area contributed by atoms with Crippen molar-refractivity contribution >= 4 is 28.7 Å². The quantitative estimate of drug-likeness (QED) is 0.587. The first-order valence-corrected chi connectivity index (χ1v) is 8.85. The molecular weight excluding hydrogens is 409 g/mol. The zero-order chi connectivity index (χ0) is 21.2. The van der Waals surface area contributed by atoms with Crippen molar-refractivity contribution in [3.8, 4) is 21.9 Å². The van der Waals surface area contributed by atoms with Crippen LogP contribution in [0, 0.1) is 0 Å². The number of thiazole rings is 1. The van der Waals surface area contributed by atoms with Crippen molar-refractivity contribution in [3.63, 3.8) is 0 Å². The van der Waals surface area contributed by atoms with E-state index in [1.165, 1.54) is 37.6 Å². The molecule has 10 heteroatoms. The van der Waals surface area contributed by atoms with Gasteiger partial charge in [-0.15, -0.1) is 0 Å². The van der Waals surface area contributed by atoms with Gasteiger partial charge < -0.3 is 9.84 Å². The summed E-state index contributed by atoms with van der Waals surface area (Å²) in [6.45, 7) is 0. The molecule has 0 aliphatic rings. The first-order valence-electron chi connectivity index (χ1n) is 8.04. The Hall–Kier alpha value is -3.40. The third kappa shape index (κ3) is 4.37. The zero-order valence-corrected chi connectivity index (χ0v) is 15.6. The number of benzene rings is 2. The lowest BCUT2D eigenvalue weighted by Gasteiger charge is -2.08. The summed E-state index contributed by atoms with van der Waals surface area (Å²) in [5.74, 6) is -1.01. The van der Waals surface area contributed by atoms with E-state index in [9.17, 15) is 27.9 Å². The number of carbonyl (C=O) groups excluding carboxylic acids is 2. The summed E-state index contributed by atoms with van der Waals surface area (Å²) in [6.07, 6.45) is -2.60. The Morgan fingerprint density at radius 2 is 1.93 bits per heavy atom. The third-order valence-electron chi connectivity index (χ3n) is 3.94. The van der Waals surface area contributed by atoms with Crippen molar-refractivity contribution in [2.75, 3.05) is 12.4 Å². The molecule has 0 atom stereocenters. The van der Waals surface area contributed by atoms with E-state index in [2.05, 4.69) is 10.3 Å². The van der Waals surface area contributed by atoms with Gasteiger partial charge in [0.25, 0.3) is 5.91 Å². The van der Waals surface area contributed by atoms with Crippen molar-refractivity contribution < 1.29 is 32.6 Å². The first kappa shape index (κ1) is 20.3. The monoisotopic (exact) mass is 422 g/mol. The maximum absolute atomic E-state index is 12.7. The van der Waals surface area contributed by atoms with Gasteiger partial charge in [0.15, 0.2) is 22.9 Å². The second kappa shape index (κ2) is 7.92. The number of halogens is 3. The summed E-state index contributed by atoms with van der Waals surface area (Å²) in [6, 6.07) is 7.05. The van der Waals surface area contributed by atoms with Gasteiger partial charge in [-0.05, 0) is 29.8 Å². The van der Waals surface area contributed by atoms with Gasteiger partial charge in [0.1, 0.15) is 0 Å². The van der Waals surface area contributed by atoms with E-state index < -0.39 is 17.6 Å². The number of alkyl halides is 3. The minimum atomic E-state index is -4.42. The highest BCUT2D eigenvalue weighted by Gasteiger charge is 2.30. The van der Waals surface area contributed by atoms with Crippen LogP contribution in [0.4, 0.5) is 18.3 Å². The highest BCUT2D eigenvalue weighted by Crippen LogP contribution is 2.34. The van der Waals surface area contributed by atoms with E-state index >= 15 is 0 Å². The summed E-state index contributed by atoms with van der Waals surface area (Å²) < 4.78 is 42.9. The molecule has 1 heterocycles. The van der Waals surface area contributed by atoms with E-state index in [0.717, 1.165) is 23.5 Å². The molecule has 0 fully saturated rings. The molecule has 0 spiro atoms. The molecule has 1 aromatic heterocycles. The standard InChI is InChI=1S/C19H13F3N2O4S/c1-28-14-7-11(6-12(9-25)16(14)26)17(27)24-18-23-8-15(29-18)10-2-4-13(5-3-10)19(20,21)22/h2-9,26H,1H3,(H,23,24,27). The fourth-order valence-corrected chi connectivity index (χ4v) is 3.28. The molecule has 29 heavy (non-hydrogen) atoms. The Bertz CT molecular complexity index is 1060. The van der Waals surface area contributed by atoms with Crippen molar-refractivity contribution in [1.82, 2.24) is 4.98 Å². The molecule has 2 aromatic carbocycles. The number of nitrogens with zero attached hydrogens (tertiary/aromatic N) is 1. The van der Waals surface area contributed by atoms with E-state index in [4.69, 9.17) is 4.74 Å². The lowest BCUT2D eigenvalue weighted by molar-refractivity contribution is -0.137. The molecule has 0 unspecified atom stereocenters. The second-order valence-corrected chi connectivity index (χ2v) is 6.82. The van der Waals surface area contributed by atoms with Gasteiger partial charge in [-0.1, -0.05) is 23.5 Å². The number of nitrogens with one attached hydrogen (secondary N) is 1. The molecule has 1 amide bonds. The minimum absolute atomic E-state index is 0.0377. The normalized spacial score (nSPS) is 11.2. The van der Waals surface area contributed by atoms with Crippen LogP contribution in [0.25, 0.3) is 10.4 Å². The Kier molecular flexibility index (Phi) is 5.55. The summed E-state index contributed by atoms with van der Waals surface area (Å²) in [5, 5.41) is 12.6. The van der Waals surface area contributed by atoms with Crippen LogP contribution in [0.15, 0.2) is 42.6 Å². The Labute approximate surface area is 166 Å². The van der Waals surface area contributed by atoms with E-state index in [1.807, 2.05) is 0 Å². The van der Waals surface area contributed by atoms with E-state index in [-0.39, 0.29) is 27.8 Å². The molecule has 6 nitrogen and oxygen atoms in total. The SMILES string of the molecule is COc1cc(C(=O)Nc2ncc(-c3ccc(C(F)(F)F)cc3)s2)cc(C=O)c1O. The molecular formula is C19H13F3N2O4S. The van der Waals surface area contributed by atoms with Crippen LogP contribution in [0.1, 0.15) is 26.3 Å². The molecule has 0 saturated carbocycles. The number of aromatic nitrogens is 1. The highest BCUT2D eigenvalue weighted by atomic mass is 32.1. The lowest BCUT2D eigenvalue weighted by Crippen LogP contribution is -2.12. The number of amides is 1. The molecule has 0 bridgehead atoms. The Balaban J connectivity index is 1.80. The van der Waals surface area contributed by atoms with Gasteiger partial charge in [0, 0.05) is 11.8 Å². The highest BCUT2D eigenvalue weighted by molar-refractivity contribution is 7.19. The van der Waals surface area contributed by atoms with Crippen LogP contribution in [-0.4, -0.2) is 29.4 Å². The van der Waals surface area contributed by atoms with Crippen LogP contribution in [0.3, 0.4) is 0 Å². The molecule has 0 aliphatic carbocycles. The number of anilines is 1. The number of rotatable bonds is 5. The van der Waals surface area contributed by atoms with Crippen LogP contribution in [-0.2, 0) is 6.18 Å². The smallest absolute Gasteiger partial charge is 0.416 e. The molecule has 2 N–H and O–H groups in total. The topological polar surface area (TPSA) is 88.5 Å². The lowest BCUT2D eigenvalue weighted by atomic mass is 10.1. The fraction of sp³-hybridized carbons (Fsp3) is 0.105. The number of aromatic hydroxyl groups is 1. The van der Waals surface area contributed by atoms with Crippen LogP contribution in [0.2, 0.25) is 0 Å². The maximum atomic E-state index is 12.7. The predicted molar refractivity (Wildman–Crippen MR) is 101 cm³/mol. The Morgan fingerprint density at radius 1 is 1.24 bits per heavy atom. The number of hydrogen-bond donors (Lipinski definition) is 2. The summed E-state index contributed by atoms with van der Waals surface area (Å²) in [7, 11) is 1.28. The third-order valence-corrected chi connectivity index (χ3v) is 4.90. The van der Waals surface area contributed by atoms with Crippen LogP contribution in [0.5, 0.6) is 11.5 Å².